The standard InChI is InChI=1S/C28H38N8O8/c29-19(14-23(30)39)24(40)35-21(12-15-3-7-17(37)8-4-15)26(42)36-22(13-16-5-9-18(38)10-6-16)25(41)34-20(27(43)44)2-1-11-33-28(31)32/h3-10,19-22,37-38H,1-2,11-14,29H2,(H2,30,39)(H,34,41)(H,35,40)(H,36,42)(H,43,44)(H4,31,32,33). The molecule has 16 nitrogen and oxygen atoms in total. The van der Waals surface area contributed by atoms with Crippen molar-refractivity contribution in [1.29, 1.82) is 0 Å². The molecule has 0 spiro atoms. The number of phenols is 2. The van der Waals surface area contributed by atoms with Crippen LogP contribution in [-0.2, 0) is 36.8 Å². The topological polar surface area (TPSA) is 299 Å². The van der Waals surface area contributed by atoms with Gasteiger partial charge in [0.05, 0.1) is 12.5 Å². The van der Waals surface area contributed by atoms with Gasteiger partial charge < -0.3 is 54.2 Å². The van der Waals surface area contributed by atoms with Crippen molar-refractivity contribution < 1.29 is 39.3 Å². The maximum atomic E-state index is 13.6. The lowest BCUT2D eigenvalue weighted by Crippen LogP contribution is -2.58. The second-order valence-corrected chi connectivity index (χ2v) is 9.99. The lowest BCUT2D eigenvalue weighted by Gasteiger charge is -2.25. The predicted octanol–water partition coefficient (Wildman–Crippen LogP) is -2.32. The van der Waals surface area contributed by atoms with E-state index in [9.17, 15) is 39.3 Å². The molecule has 4 amide bonds. The monoisotopic (exact) mass is 614 g/mol. The molecule has 0 aliphatic rings. The quantitative estimate of drug-likeness (QED) is 0.0512. The first-order valence-corrected chi connectivity index (χ1v) is 13.5. The molecule has 0 bridgehead atoms. The van der Waals surface area contributed by atoms with E-state index >= 15 is 0 Å². The van der Waals surface area contributed by atoms with Crippen molar-refractivity contribution in [2.24, 2.45) is 27.9 Å². The number of hydrogen-bond acceptors (Lipinski definition) is 9. The third kappa shape index (κ3) is 12.2. The van der Waals surface area contributed by atoms with Crippen LogP contribution in [0, 0.1) is 0 Å². The van der Waals surface area contributed by atoms with Gasteiger partial charge >= 0.3 is 5.97 Å². The van der Waals surface area contributed by atoms with Gasteiger partial charge in [-0.2, -0.15) is 0 Å². The number of carbonyl (C=O) groups is 5. The number of aliphatic imine (C=N–C) groups is 1. The zero-order valence-electron chi connectivity index (χ0n) is 23.8. The van der Waals surface area contributed by atoms with Crippen LogP contribution in [0.1, 0.15) is 30.4 Å². The first-order valence-electron chi connectivity index (χ1n) is 13.5. The van der Waals surface area contributed by atoms with Gasteiger partial charge in [-0.05, 0) is 48.2 Å². The highest BCUT2D eigenvalue weighted by molar-refractivity contribution is 5.95. The Kier molecular flexibility index (Phi) is 13.4. The van der Waals surface area contributed by atoms with Crippen LogP contribution >= 0.6 is 0 Å². The Morgan fingerprint density at radius 2 is 1.14 bits per heavy atom. The summed E-state index contributed by atoms with van der Waals surface area (Å²) in [5.74, 6) is -4.88. The molecule has 0 aromatic heterocycles. The molecular formula is C28H38N8O8. The van der Waals surface area contributed by atoms with Gasteiger partial charge in [0.15, 0.2) is 5.96 Å². The SMILES string of the molecule is NC(=O)CC(N)C(=O)NC(Cc1ccc(O)cc1)C(=O)NC(Cc1ccc(O)cc1)C(=O)NC(CCCN=C(N)N)C(=O)O. The molecule has 0 fully saturated rings. The Hall–Kier alpha value is -5.38. The zero-order valence-corrected chi connectivity index (χ0v) is 23.8. The molecular weight excluding hydrogens is 576 g/mol. The van der Waals surface area contributed by atoms with Crippen LogP contribution in [0.5, 0.6) is 11.5 Å². The van der Waals surface area contributed by atoms with Gasteiger partial charge in [-0.15, -0.1) is 0 Å². The number of primary amides is 1. The number of carboxylic acids is 1. The first kappa shape index (κ1) is 34.8. The number of aromatic hydroxyl groups is 2. The van der Waals surface area contributed by atoms with E-state index in [1.165, 1.54) is 48.5 Å². The van der Waals surface area contributed by atoms with Gasteiger partial charge in [-0.25, -0.2) is 4.79 Å². The second-order valence-electron chi connectivity index (χ2n) is 9.99. The highest BCUT2D eigenvalue weighted by atomic mass is 16.4. The lowest BCUT2D eigenvalue weighted by molar-refractivity contribution is -0.142. The average Bonchev–Trinajstić information content (AvgIpc) is 2.95. The van der Waals surface area contributed by atoms with Crippen molar-refractivity contribution in [3.8, 4) is 11.5 Å². The van der Waals surface area contributed by atoms with Crippen LogP contribution < -0.4 is 38.9 Å². The molecule has 0 saturated heterocycles. The predicted molar refractivity (Wildman–Crippen MR) is 159 cm³/mol. The van der Waals surface area contributed by atoms with Crippen molar-refractivity contribution in [2.45, 2.75) is 56.3 Å². The van der Waals surface area contributed by atoms with Crippen molar-refractivity contribution in [3.63, 3.8) is 0 Å². The summed E-state index contributed by atoms with van der Waals surface area (Å²) in [6.07, 6.45) is -0.479. The molecule has 0 aliphatic heterocycles. The number of rotatable bonds is 17. The Labute approximate surface area is 252 Å². The zero-order chi connectivity index (χ0) is 32.8. The number of nitrogens with zero attached hydrogens (tertiary/aromatic N) is 1. The lowest BCUT2D eigenvalue weighted by atomic mass is 10.0. The Morgan fingerprint density at radius 1 is 0.705 bits per heavy atom. The van der Waals surface area contributed by atoms with Gasteiger partial charge in [0, 0.05) is 19.4 Å². The highest BCUT2D eigenvalue weighted by Crippen LogP contribution is 2.14. The fraction of sp³-hybridized carbons (Fsp3) is 0.357. The number of hydrogen-bond donors (Lipinski definition) is 10. The van der Waals surface area contributed by atoms with Crippen LogP contribution in [0.25, 0.3) is 0 Å². The summed E-state index contributed by atoms with van der Waals surface area (Å²) in [7, 11) is 0. The van der Waals surface area contributed by atoms with Crippen LogP contribution in [0.2, 0.25) is 0 Å². The van der Waals surface area contributed by atoms with Crippen LogP contribution in [-0.4, -0.2) is 81.6 Å². The maximum absolute atomic E-state index is 13.6. The fourth-order valence-electron chi connectivity index (χ4n) is 4.05. The summed E-state index contributed by atoms with van der Waals surface area (Å²) in [5.41, 5.74) is 22.5. The molecule has 16 heteroatoms. The van der Waals surface area contributed by atoms with Gasteiger partial charge in [-0.3, -0.25) is 24.2 Å². The summed E-state index contributed by atoms with van der Waals surface area (Å²) >= 11 is 0. The molecule has 238 valence electrons. The Morgan fingerprint density at radius 3 is 1.55 bits per heavy atom. The van der Waals surface area contributed by atoms with E-state index in [-0.39, 0.29) is 49.7 Å². The number of nitrogens with one attached hydrogen (secondary N) is 3. The van der Waals surface area contributed by atoms with Gasteiger partial charge in [0.25, 0.3) is 0 Å². The number of aliphatic carboxylic acids is 1. The van der Waals surface area contributed by atoms with E-state index in [2.05, 4.69) is 20.9 Å². The number of phenolic OH excluding ortho intramolecular Hbond substituents is 2. The number of benzene rings is 2. The number of nitrogens with two attached hydrogens (primary N) is 4. The summed E-state index contributed by atoms with van der Waals surface area (Å²) in [6, 6.07) is 6.26. The van der Waals surface area contributed by atoms with Gasteiger partial charge in [0.2, 0.25) is 23.6 Å². The smallest absolute Gasteiger partial charge is 0.326 e. The highest BCUT2D eigenvalue weighted by Gasteiger charge is 2.31. The van der Waals surface area contributed by atoms with E-state index < -0.39 is 60.2 Å². The van der Waals surface area contributed by atoms with Crippen molar-refractivity contribution in [2.75, 3.05) is 6.54 Å². The van der Waals surface area contributed by atoms with E-state index in [1.807, 2.05) is 0 Å². The molecule has 44 heavy (non-hydrogen) atoms. The van der Waals surface area contributed by atoms with Crippen molar-refractivity contribution >= 4 is 35.6 Å². The minimum absolute atomic E-state index is 0.0188. The number of amides is 4. The third-order valence-electron chi connectivity index (χ3n) is 6.34. The molecule has 14 N–H and O–H groups in total. The second kappa shape index (κ2) is 16.9. The fourth-order valence-corrected chi connectivity index (χ4v) is 4.05. The molecule has 2 rings (SSSR count). The number of carboxylic acid groups (broad SMARTS) is 1. The number of carbonyl (C=O) groups excluding carboxylic acids is 4. The molecule has 0 heterocycles. The summed E-state index contributed by atoms with van der Waals surface area (Å²) in [6.45, 7) is 0.131. The molecule has 4 atom stereocenters. The van der Waals surface area contributed by atoms with Gasteiger partial charge in [0.1, 0.15) is 29.6 Å². The summed E-state index contributed by atoms with van der Waals surface area (Å²) in [4.78, 5) is 66.6. The molecule has 4 unspecified atom stereocenters. The van der Waals surface area contributed by atoms with E-state index in [4.69, 9.17) is 22.9 Å². The largest absolute Gasteiger partial charge is 0.508 e. The summed E-state index contributed by atoms with van der Waals surface area (Å²) in [5, 5.41) is 36.4. The summed E-state index contributed by atoms with van der Waals surface area (Å²) < 4.78 is 0. The van der Waals surface area contributed by atoms with E-state index in [0.29, 0.717) is 11.1 Å². The third-order valence-corrected chi connectivity index (χ3v) is 6.34. The van der Waals surface area contributed by atoms with Crippen molar-refractivity contribution in [3.05, 3.63) is 59.7 Å². The normalized spacial score (nSPS) is 13.4. The van der Waals surface area contributed by atoms with E-state index in [0.717, 1.165) is 0 Å². The molecule has 0 aliphatic carbocycles. The minimum Gasteiger partial charge on any atom is -0.508 e. The van der Waals surface area contributed by atoms with E-state index in [1.54, 1.807) is 0 Å². The van der Waals surface area contributed by atoms with Crippen molar-refractivity contribution in [1.82, 2.24) is 16.0 Å². The molecule has 0 saturated carbocycles. The van der Waals surface area contributed by atoms with Gasteiger partial charge in [-0.1, -0.05) is 24.3 Å². The van der Waals surface area contributed by atoms with Crippen LogP contribution in [0.4, 0.5) is 0 Å². The molecule has 0 radical (unpaired) electrons. The average molecular weight is 615 g/mol. The number of guanidine groups is 1. The van der Waals surface area contributed by atoms with Crippen LogP contribution in [0.15, 0.2) is 53.5 Å². The minimum atomic E-state index is -1.35. The molecule has 2 aromatic rings. The molecule has 2 aromatic carbocycles. The Bertz CT molecular complexity index is 1330. The Balaban J connectivity index is 2.32. The van der Waals surface area contributed by atoms with Crippen LogP contribution in [0.3, 0.4) is 0 Å². The maximum Gasteiger partial charge on any atom is 0.326 e. The first-order chi connectivity index (χ1) is 20.7.